The summed E-state index contributed by atoms with van der Waals surface area (Å²) in [6, 6.07) is 10.2. The van der Waals surface area contributed by atoms with E-state index in [1.165, 1.54) is 5.56 Å². The van der Waals surface area contributed by atoms with Crippen LogP contribution in [0.5, 0.6) is 0 Å². The Morgan fingerprint density at radius 2 is 1.88 bits per heavy atom. The fourth-order valence-corrected chi connectivity index (χ4v) is 2.05. The zero-order chi connectivity index (χ0) is 11.9. The van der Waals surface area contributed by atoms with Gasteiger partial charge in [0.15, 0.2) is 0 Å². The molecule has 86 valence electrons. The summed E-state index contributed by atoms with van der Waals surface area (Å²) in [7, 11) is 0. The highest BCUT2D eigenvalue weighted by Gasteiger charge is 2.09. The predicted molar refractivity (Wildman–Crippen MR) is 69.5 cm³/mol. The lowest BCUT2D eigenvalue weighted by molar-refractivity contribution is -0.105. The maximum Gasteiger partial charge on any atom is 0.146 e. The molecule has 0 saturated carbocycles. The zero-order valence-corrected chi connectivity index (χ0v) is 9.91. The fraction of sp³-hybridized carbons (Fsp3) is 0.312. The van der Waals surface area contributed by atoms with Crippen molar-refractivity contribution in [1.29, 1.82) is 0 Å². The molecule has 0 saturated heterocycles. The normalized spacial score (nSPS) is 15.1. The maximum absolute atomic E-state index is 10.9. The molecule has 0 bridgehead atoms. The summed E-state index contributed by atoms with van der Waals surface area (Å²) < 4.78 is 0. The Labute approximate surface area is 103 Å². The number of carbonyl (C=O) groups is 1. The van der Waals surface area contributed by atoms with Crippen LogP contribution >= 0.6 is 0 Å². The number of aldehydes is 1. The molecule has 0 heterocycles. The van der Waals surface area contributed by atoms with Crippen LogP contribution in [0.25, 0.3) is 0 Å². The molecule has 0 fully saturated rings. The summed E-state index contributed by atoms with van der Waals surface area (Å²) in [6.45, 7) is 0. The number of hydrogen-bond donors (Lipinski definition) is 0. The molecular formula is C16H16O. The van der Waals surface area contributed by atoms with Gasteiger partial charge in [-0.15, -0.1) is 0 Å². The van der Waals surface area contributed by atoms with Gasteiger partial charge in [0.05, 0.1) is 0 Å². The van der Waals surface area contributed by atoms with Gasteiger partial charge in [-0.05, 0) is 31.2 Å². The van der Waals surface area contributed by atoms with Crippen molar-refractivity contribution in [3.8, 4) is 11.8 Å². The summed E-state index contributed by atoms with van der Waals surface area (Å²) >= 11 is 0. The molecule has 1 nitrogen and oxygen atoms in total. The summed E-state index contributed by atoms with van der Waals surface area (Å²) in [5, 5.41) is 0. The van der Waals surface area contributed by atoms with Crippen molar-refractivity contribution in [2.24, 2.45) is 0 Å². The van der Waals surface area contributed by atoms with Crippen LogP contribution in [0.1, 0.15) is 31.2 Å². The summed E-state index contributed by atoms with van der Waals surface area (Å²) in [4.78, 5) is 10.9. The predicted octanol–water partition coefficient (Wildman–Crippen LogP) is 3.30. The molecule has 1 aromatic rings. The Hall–Kier alpha value is -1.81. The number of hydrogen-bond acceptors (Lipinski definition) is 1. The summed E-state index contributed by atoms with van der Waals surface area (Å²) in [5.41, 5.74) is 3.20. The SMILES string of the molecule is O=CC1=C(C#CCc2ccccc2)CCCC1. The molecule has 0 amide bonds. The van der Waals surface area contributed by atoms with Gasteiger partial charge < -0.3 is 0 Å². The molecule has 0 unspecified atom stereocenters. The van der Waals surface area contributed by atoms with Crippen molar-refractivity contribution in [1.82, 2.24) is 0 Å². The molecule has 0 atom stereocenters. The Morgan fingerprint density at radius 3 is 2.65 bits per heavy atom. The monoisotopic (exact) mass is 224 g/mol. The smallest absolute Gasteiger partial charge is 0.146 e. The Bertz CT molecular complexity index is 471. The highest BCUT2D eigenvalue weighted by Crippen LogP contribution is 2.22. The standard InChI is InChI=1S/C16H16O/c17-13-16-11-5-4-10-15(16)12-6-9-14-7-2-1-3-8-14/h1-3,7-8,13H,4-5,9-11H2. The number of carbonyl (C=O) groups excluding carboxylic acids is 1. The van der Waals surface area contributed by atoms with Crippen LogP contribution in [-0.4, -0.2) is 6.29 Å². The molecule has 1 aromatic carbocycles. The van der Waals surface area contributed by atoms with Gasteiger partial charge in [0.25, 0.3) is 0 Å². The van der Waals surface area contributed by atoms with Gasteiger partial charge in [0.2, 0.25) is 0 Å². The first-order chi connectivity index (χ1) is 8.40. The fourth-order valence-electron chi connectivity index (χ4n) is 2.05. The highest BCUT2D eigenvalue weighted by atomic mass is 16.1. The molecule has 0 N–H and O–H groups in total. The van der Waals surface area contributed by atoms with Crippen molar-refractivity contribution in [2.45, 2.75) is 32.1 Å². The van der Waals surface area contributed by atoms with Gasteiger partial charge in [-0.3, -0.25) is 4.79 Å². The topological polar surface area (TPSA) is 17.1 Å². The molecule has 0 aromatic heterocycles. The van der Waals surface area contributed by atoms with Gasteiger partial charge in [0.1, 0.15) is 6.29 Å². The van der Waals surface area contributed by atoms with E-state index < -0.39 is 0 Å². The van der Waals surface area contributed by atoms with Crippen molar-refractivity contribution in [3.05, 3.63) is 47.0 Å². The van der Waals surface area contributed by atoms with E-state index in [-0.39, 0.29) is 0 Å². The van der Waals surface area contributed by atoms with Crippen LogP contribution < -0.4 is 0 Å². The first-order valence-electron chi connectivity index (χ1n) is 6.10. The second kappa shape index (κ2) is 6.06. The molecule has 1 heteroatoms. The third-order valence-corrected chi connectivity index (χ3v) is 3.03. The molecule has 0 spiro atoms. The average Bonchev–Trinajstić information content (AvgIpc) is 2.40. The summed E-state index contributed by atoms with van der Waals surface area (Å²) in [5.74, 6) is 6.34. The van der Waals surface area contributed by atoms with Crippen molar-refractivity contribution in [3.63, 3.8) is 0 Å². The van der Waals surface area contributed by atoms with Gasteiger partial charge in [-0.1, -0.05) is 42.2 Å². The Kier molecular flexibility index (Phi) is 4.16. The van der Waals surface area contributed by atoms with Crippen molar-refractivity contribution in [2.75, 3.05) is 0 Å². The van der Waals surface area contributed by atoms with Gasteiger partial charge in [-0.25, -0.2) is 0 Å². The van der Waals surface area contributed by atoms with Crippen LogP contribution in [0.4, 0.5) is 0 Å². The minimum absolute atomic E-state index is 0.760. The molecule has 1 aliphatic carbocycles. The number of benzene rings is 1. The van der Waals surface area contributed by atoms with Gasteiger partial charge >= 0.3 is 0 Å². The second-order valence-corrected chi connectivity index (χ2v) is 4.29. The van der Waals surface area contributed by atoms with E-state index in [4.69, 9.17) is 0 Å². The molecule has 17 heavy (non-hydrogen) atoms. The lowest BCUT2D eigenvalue weighted by atomic mass is 9.93. The minimum atomic E-state index is 0.760. The number of rotatable bonds is 2. The maximum atomic E-state index is 10.9. The van der Waals surface area contributed by atoms with E-state index in [1.54, 1.807) is 0 Å². The van der Waals surface area contributed by atoms with E-state index in [1.807, 2.05) is 18.2 Å². The van der Waals surface area contributed by atoms with Crippen molar-refractivity contribution < 1.29 is 4.79 Å². The molecule has 2 rings (SSSR count). The third-order valence-electron chi connectivity index (χ3n) is 3.03. The quantitative estimate of drug-likeness (QED) is 0.556. The van der Waals surface area contributed by atoms with Crippen LogP contribution in [0.15, 0.2) is 41.5 Å². The van der Waals surface area contributed by atoms with Gasteiger partial charge in [0, 0.05) is 17.6 Å². The van der Waals surface area contributed by atoms with E-state index in [0.29, 0.717) is 0 Å². The highest BCUT2D eigenvalue weighted by molar-refractivity contribution is 5.76. The lowest BCUT2D eigenvalue weighted by Gasteiger charge is -2.11. The largest absolute Gasteiger partial charge is 0.298 e. The van der Waals surface area contributed by atoms with Gasteiger partial charge in [-0.2, -0.15) is 0 Å². The molecule has 0 radical (unpaired) electrons. The first kappa shape index (κ1) is 11.7. The lowest BCUT2D eigenvalue weighted by Crippen LogP contribution is -1.99. The molecule has 0 aliphatic heterocycles. The van der Waals surface area contributed by atoms with Crippen LogP contribution in [0.3, 0.4) is 0 Å². The first-order valence-corrected chi connectivity index (χ1v) is 6.10. The molecule has 1 aliphatic rings. The third kappa shape index (κ3) is 3.32. The van der Waals surface area contributed by atoms with E-state index in [0.717, 1.165) is 49.5 Å². The van der Waals surface area contributed by atoms with Crippen LogP contribution in [-0.2, 0) is 11.2 Å². The Morgan fingerprint density at radius 1 is 1.12 bits per heavy atom. The number of allylic oxidation sites excluding steroid dienone is 2. The van der Waals surface area contributed by atoms with E-state index in [2.05, 4.69) is 24.0 Å². The van der Waals surface area contributed by atoms with Crippen LogP contribution in [0.2, 0.25) is 0 Å². The van der Waals surface area contributed by atoms with Crippen molar-refractivity contribution >= 4 is 6.29 Å². The van der Waals surface area contributed by atoms with E-state index in [9.17, 15) is 4.79 Å². The van der Waals surface area contributed by atoms with Crippen LogP contribution in [0, 0.1) is 11.8 Å². The second-order valence-electron chi connectivity index (χ2n) is 4.29. The molecular weight excluding hydrogens is 208 g/mol. The minimum Gasteiger partial charge on any atom is -0.298 e. The zero-order valence-electron chi connectivity index (χ0n) is 9.91. The average molecular weight is 224 g/mol. The summed E-state index contributed by atoms with van der Waals surface area (Å²) in [6.07, 6.45) is 5.89. The van der Waals surface area contributed by atoms with E-state index >= 15 is 0 Å². The Balaban J connectivity index is 2.06.